The number of piperidine rings is 1. The van der Waals surface area contributed by atoms with Crippen molar-refractivity contribution in [1.29, 1.82) is 0 Å². The number of nitrogens with two attached hydrogens (primary N) is 2. The van der Waals surface area contributed by atoms with Crippen LogP contribution in [0.15, 0.2) is 24.3 Å². The number of hydrogen-bond donors (Lipinski definition) is 5. The van der Waals surface area contributed by atoms with Gasteiger partial charge in [-0.25, -0.2) is 0 Å². The van der Waals surface area contributed by atoms with E-state index in [1.165, 1.54) is 25.7 Å². The summed E-state index contributed by atoms with van der Waals surface area (Å²) < 4.78 is 0. The first-order valence-electron chi connectivity index (χ1n) is 11.7. The van der Waals surface area contributed by atoms with E-state index in [0.717, 1.165) is 37.1 Å². The normalized spacial score (nSPS) is 28.3. The Balaban J connectivity index is 1.36. The molecule has 0 aromatic heterocycles. The van der Waals surface area contributed by atoms with Gasteiger partial charge >= 0.3 is 0 Å². The highest BCUT2D eigenvalue weighted by atomic mass is 16.2. The molecule has 4 rings (SSSR count). The van der Waals surface area contributed by atoms with Gasteiger partial charge in [0.1, 0.15) is 12.3 Å². The number of carbonyl (C=O) groups is 2. The second-order valence-electron chi connectivity index (χ2n) is 9.21. The molecule has 2 aliphatic heterocycles. The summed E-state index contributed by atoms with van der Waals surface area (Å²) in [7, 11) is 0. The summed E-state index contributed by atoms with van der Waals surface area (Å²) in [6.07, 6.45) is 6.98. The maximum Gasteiger partial charge on any atom is 0.243 e. The molecule has 4 atom stereocenters. The number of likely N-dealkylation sites (tertiary alicyclic amines) is 1. The predicted octanol–water partition coefficient (Wildman–Crippen LogP) is 1.07. The molecule has 0 unspecified atom stereocenters. The van der Waals surface area contributed by atoms with E-state index in [2.05, 4.69) is 16.0 Å². The lowest BCUT2D eigenvalue weighted by Gasteiger charge is -2.43. The van der Waals surface area contributed by atoms with E-state index < -0.39 is 6.29 Å². The largest absolute Gasteiger partial charge is 0.358 e. The van der Waals surface area contributed by atoms with E-state index >= 15 is 0 Å². The maximum absolute atomic E-state index is 13.4. The van der Waals surface area contributed by atoms with Crippen molar-refractivity contribution in [2.24, 2.45) is 23.3 Å². The average Bonchev–Trinajstić information content (AvgIpc) is 3.26. The molecule has 1 saturated carbocycles. The van der Waals surface area contributed by atoms with E-state index in [1.807, 2.05) is 29.2 Å². The minimum Gasteiger partial charge on any atom is -0.358 e. The molecule has 2 saturated heterocycles. The highest BCUT2D eigenvalue weighted by Gasteiger charge is 2.43. The molecule has 1 aromatic rings. The Morgan fingerprint density at radius 3 is 2.81 bits per heavy atom. The van der Waals surface area contributed by atoms with Crippen molar-refractivity contribution in [3.8, 4) is 0 Å². The summed E-state index contributed by atoms with van der Waals surface area (Å²) in [6.45, 7) is 1.97. The summed E-state index contributed by atoms with van der Waals surface area (Å²) in [4.78, 5) is 28.3. The summed E-state index contributed by atoms with van der Waals surface area (Å²) in [6, 6.07) is 7.13. The minimum absolute atomic E-state index is 0.0734. The van der Waals surface area contributed by atoms with Gasteiger partial charge in [-0.05, 0) is 61.8 Å². The molecule has 0 radical (unpaired) electrons. The molecule has 0 bridgehead atoms. The summed E-state index contributed by atoms with van der Waals surface area (Å²) in [5, 5.41) is 9.46. The second kappa shape index (κ2) is 9.97. The van der Waals surface area contributed by atoms with Gasteiger partial charge in [-0.15, -0.1) is 0 Å². The van der Waals surface area contributed by atoms with Crippen molar-refractivity contribution in [3.05, 3.63) is 29.8 Å². The molecule has 0 spiro atoms. The zero-order valence-electron chi connectivity index (χ0n) is 18.2. The number of amides is 2. The van der Waals surface area contributed by atoms with Gasteiger partial charge in [0.25, 0.3) is 0 Å². The summed E-state index contributed by atoms with van der Waals surface area (Å²) in [5.41, 5.74) is 12.9. The zero-order chi connectivity index (χ0) is 21.8. The Labute approximate surface area is 184 Å². The Morgan fingerprint density at radius 2 is 1.97 bits per heavy atom. The van der Waals surface area contributed by atoms with E-state index in [9.17, 15) is 9.59 Å². The van der Waals surface area contributed by atoms with Gasteiger partial charge in [-0.2, -0.15) is 0 Å². The fourth-order valence-corrected chi connectivity index (χ4v) is 5.63. The molecule has 7 N–H and O–H groups in total. The molecule has 8 nitrogen and oxygen atoms in total. The third-order valence-electron chi connectivity index (χ3n) is 7.11. The van der Waals surface area contributed by atoms with Crippen molar-refractivity contribution in [1.82, 2.24) is 15.5 Å². The Kier molecular flexibility index (Phi) is 7.09. The number of fused-ring (bicyclic) bond motifs is 1. The van der Waals surface area contributed by atoms with E-state index in [4.69, 9.17) is 11.5 Å². The van der Waals surface area contributed by atoms with Crippen molar-refractivity contribution in [3.63, 3.8) is 0 Å². The average molecular weight is 429 g/mol. The number of hydrogen-bond acceptors (Lipinski definition) is 6. The maximum atomic E-state index is 13.4. The quantitative estimate of drug-likeness (QED) is 0.432. The lowest BCUT2D eigenvalue weighted by Crippen LogP contribution is -2.58. The molecular formula is C23H36N6O2. The molecule has 1 aliphatic carbocycles. The van der Waals surface area contributed by atoms with Crippen LogP contribution in [-0.4, -0.2) is 48.2 Å². The Morgan fingerprint density at radius 1 is 1.13 bits per heavy atom. The first-order chi connectivity index (χ1) is 15.0. The number of benzene rings is 1. The lowest BCUT2D eigenvalue weighted by molar-refractivity contribution is -0.142. The van der Waals surface area contributed by atoms with Crippen LogP contribution in [-0.2, 0) is 16.1 Å². The van der Waals surface area contributed by atoms with Gasteiger partial charge in [-0.1, -0.05) is 31.4 Å². The van der Waals surface area contributed by atoms with Gasteiger partial charge in [0.2, 0.25) is 11.8 Å². The molecule has 2 heterocycles. The van der Waals surface area contributed by atoms with Crippen molar-refractivity contribution < 1.29 is 9.59 Å². The van der Waals surface area contributed by atoms with Crippen molar-refractivity contribution in [2.45, 2.75) is 69.9 Å². The lowest BCUT2D eigenvalue weighted by atomic mass is 9.71. The van der Waals surface area contributed by atoms with E-state index in [1.54, 1.807) is 0 Å². The van der Waals surface area contributed by atoms with Crippen LogP contribution in [0.5, 0.6) is 0 Å². The van der Waals surface area contributed by atoms with Crippen LogP contribution in [0.2, 0.25) is 0 Å². The first-order valence-corrected chi connectivity index (χ1v) is 11.7. The first kappa shape index (κ1) is 22.0. The van der Waals surface area contributed by atoms with Crippen LogP contribution in [0.25, 0.3) is 0 Å². The molecule has 31 heavy (non-hydrogen) atoms. The van der Waals surface area contributed by atoms with Gasteiger partial charge in [-0.3, -0.25) is 21.1 Å². The number of nitrogens with one attached hydrogen (secondary N) is 3. The van der Waals surface area contributed by atoms with Crippen LogP contribution >= 0.6 is 0 Å². The number of nitrogens with zero attached hydrogens (tertiary/aromatic N) is 1. The topological polar surface area (TPSA) is 126 Å². The molecular weight excluding hydrogens is 392 g/mol. The van der Waals surface area contributed by atoms with Crippen LogP contribution in [0, 0.1) is 11.8 Å². The van der Waals surface area contributed by atoms with Gasteiger partial charge in [0.15, 0.2) is 0 Å². The van der Waals surface area contributed by atoms with Crippen LogP contribution < -0.4 is 27.4 Å². The van der Waals surface area contributed by atoms with Gasteiger partial charge in [0, 0.05) is 18.8 Å². The van der Waals surface area contributed by atoms with Crippen LogP contribution in [0.4, 0.5) is 5.69 Å². The SMILES string of the molecule is NC(N)Nc1cccc(CNC(=O)[C@@H]2CCCN2C(=O)[C@@H]2NCC[C@@H]3CCCC[C@@H]32)c1. The standard InChI is InChI=1S/C23H36N6O2/c24-23(25)28-17-7-3-5-15(13-17)14-27-21(30)19-9-4-12-29(19)22(31)20-18-8-2-1-6-16(18)10-11-26-20/h3,5,7,13,16,18-20,23,26,28H,1-2,4,6,8-12,14,24-25H2,(H,27,30)/t16-,18-,19-,20+/m0/s1. The molecule has 3 aliphatic rings. The van der Waals surface area contributed by atoms with Crippen molar-refractivity contribution in [2.75, 3.05) is 18.4 Å². The van der Waals surface area contributed by atoms with Gasteiger partial charge in [0.05, 0.1) is 6.04 Å². The highest BCUT2D eigenvalue weighted by molar-refractivity contribution is 5.90. The number of rotatable bonds is 6. The number of carbonyl (C=O) groups excluding carboxylic acids is 2. The van der Waals surface area contributed by atoms with Crippen LogP contribution in [0.1, 0.15) is 50.5 Å². The fourth-order valence-electron chi connectivity index (χ4n) is 5.63. The third-order valence-corrected chi connectivity index (χ3v) is 7.11. The Hall–Kier alpha value is -2.16. The fraction of sp³-hybridized carbons (Fsp3) is 0.652. The number of anilines is 1. The Bertz CT molecular complexity index is 783. The molecule has 1 aromatic carbocycles. The minimum atomic E-state index is -0.639. The highest BCUT2D eigenvalue weighted by Crippen LogP contribution is 2.38. The molecule has 2 amide bonds. The third kappa shape index (κ3) is 5.19. The van der Waals surface area contributed by atoms with Gasteiger partial charge < -0.3 is 20.9 Å². The summed E-state index contributed by atoms with van der Waals surface area (Å²) in [5.74, 6) is 1.12. The van der Waals surface area contributed by atoms with E-state index in [-0.39, 0.29) is 23.9 Å². The van der Waals surface area contributed by atoms with Crippen LogP contribution in [0.3, 0.4) is 0 Å². The molecule has 170 valence electrons. The zero-order valence-corrected chi connectivity index (χ0v) is 18.2. The summed E-state index contributed by atoms with van der Waals surface area (Å²) >= 11 is 0. The van der Waals surface area contributed by atoms with Crippen molar-refractivity contribution >= 4 is 17.5 Å². The monoisotopic (exact) mass is 428 g/mol. The molecule has 3 fully saturated rings. The van der Waals surface area contributed by atoms with E-state index in [0.29, 0.717) is 24.9 Å². The molecule has 8 heteroatoms. The predicted molar refractivity (Wildman–Crippen MR) is 121 cm³/mol. The smallest absolute Gasteiger partial charge is 0.243 e. The second-order valence-corrected chi connectivity index (χ2v) is 9.21.